The number of nitrogens with two attached hydrogens (primary N) is 4. The van der Waals surface area contributed by atoms with Crippen molar-refractivity contribution in [3.63, 3.8) is 0 Å². The van der Waals surface area contributed by atoms with Crippen LogP contribution in [0.5, 0.6) is 0 Å². The maximum atomic E-state index is 10.8. The van der Waals surface area contributed by atoms with E-state index in [2.05, 4.69) is 10.6 Å². The van der Waals surface area contributed by atoms with Crippen molar-refractivity contribution in [1.29, 1.82) is 0 Å². The summed E-state index contributed by atoms with van der Waals surface area (Å²) in [6.45, 7) is 4.04. The van der Waals surface area contributed by atoms with Gasteiger partial charge in [-0.1, -0.05) is 12.1 Å². The summed E-state index contributed by atoms with van der Waals surface area (Å²) in [5.74, 6) is 0.288. The van der Waals surface area contributed by atoms with Crippen LogP contribution < -0.4 is 33.6 Å². The van der Waals surface area contributed by atoms with Crippen molar-refractivity contribution in [3.05, 3.63) is 39.9 Å². The number of hydrogen-bond acceptors (Lipinski definition) is 8. The number of nitro benzene ring substituents is 1. The van der Waals surface area contributed by atoms with Crippen LogP contribution in [0, 0.1) is 16.0 Å². The molecular weight excluding hydrogens is 346 g/mol. The quantitative estimate of drug-likeness (QED) is 0.131. The van der Waals surface area contributed by atoms with E-state index in [1.165, 1.54) is 12.1 Å². The molecule has 2 atom stereocenters. The van der Waals surface area contributed by atoms with Gasteiger partial charge in [0, 0.05) is 63.5 Å². The van der Waals surface area contributed by atoms with Crippen LogP contribution in [-0.4, -0.2) is 56.3 Å². The molecule has 0 heterocycles. The summed E-state index contributed by atoms with van der Waals surface area (Å²) in [5, 5.41) is 17.3. The second kappa shape index (κ2) is 13.5. The lowest BCUT2D eigenvalue weighted by molar-refractivity contribution is -0.384. The van der Waals surface area contributed by atoms with E-state index in [4.69, 9.17) is 22.9 Å². The Morgan fingerprint density at radius 2 is 1.41 bits per heavy atom. The van der Waals surface area contributed by atoms with Crippen molar-refractivity contribution in [2.45, 2.75) is 31.3 Å². The second-order valence-electron chi connectivity index (χ2n) is 6.97. The molecule has 1 rings (SSSR count). The van der Waals surface area contributed by atoms with Gasteiger partial charge in [0.2, 0.25) is 0 Å². The van der Waals surface area contributed by atoms with Gasteiger partial charge in [-0.15, -0.1) is 0 Å². The first-order valence-electron chi connectivity index (χ1n) is 9.52. The first-order chi connectivity index (χ1) is 13.0. The van der Waals surface area contributed by atoms with Crippen molar-refractivity contribution < 1.29 is 4.92 Å². The van der Waals surface area contributed by atoms with Crippen LogP contribution >= 0.6 is 0 Å². The van der Waals surface area contributed by atoms with Gasteiger partial charge in [-0.2, -0.15) is 0 Å². The predicted molar refractivity (Wildman–Crippen MR) is 109 cm³/mol. The maximum absolute atomic E-state index is 10.8. The zero-order valence-electron chi connectivity index (χ0n) is 16.0. The van der Waals surface area contributed by atoms with E-state index in [9.17, 15) is 10.1 Å². The van der Waals surface area contributed by atoms with Gasteiger partial charge in [0.25, 0.3) is 5.69 Å². The molecule has 0 fully saturated rings. The molecule has 0 aliphatic heterocycles. The molecule has 0 aliphatic rings. The van der Waals surface area contributed by atoms with Gasteiger partial charge in [-0.3, -0.25) is 10.1 Å². The van der Waals surface area contributed by atoms with E-state index in [0.29, 0.717) is 26.2 Å². The fraction of sp³-hybridized carbons (Fsp3) is 0.667. The van der Waals surface area contributed by atoms with Gasteiger partial charge in [0.15, 0.2) is 0 Å². The van der Waals surface area contributed by atoms with Crippen LogP contribution in [0.2, 0.25) is 0 Å². The zero-order valence-corrected chi connectivity index (χ0v) is 16.0. The lowest BCUT2D eigenvalue weighted by Crippen LogP contribution is -2.41. The maximum Gasteiger partial charge on any atom is 0.269 e. The van der Waals surface area contributed by atoms with Crippen molar-refractivity contribution in [2.75, 3.05) is 39.3 Å². The summed E-state index contributed by atoms with van der Waals surface area (Å²) >= 11 is 0. The second-order valence-corrected chi connectivity index (χ2v) is 6.97. The van der Waals surface area contributed by atoms with E-state index in [0.717, 1.165) is 37.9 Å². The summed E-state index contributed by atoms with van der Waals surface area (Å²) in [4.78, 5) is 10.4. The highest BCUT2D eigenvalue weighted by atomic mass is 16.6. The van der Waals surface area contributed by atoms with Gasteiger partial charge in [-0.05, 0) is 30.7 Å². The highest BCUT2D eigenvalue weighted by Gasteiger charge is 2.18. The van der Waals surface area contributed by atoms with Crippen molar-refractivity contribution >= 4 is 5.69 Å². The Hall–Kier alpha value is -1.62. The zero-order chi connectivity index (χ0) is 20.1. The van der Waals surface area contributed by atoms with Crippen LogP contribution in [-0.2, 0) is 6.42 Å². The Bertz CT molecular complexity index is 509. The van der Waals surface area contributed by atoms with Crippen LogP contribution in [0.25, 0.3) is 0 Å². The number of nitrogens with zero attached hydrogens (tertiary/aromatic N) is 1. The Balaban J connectivity index is 2.66. The van der Waals surface area contributed by atoms with Gasteiger partial charge in [0.05, 0.1) is 4.92 Å². The molecule has 9 nitrogen and oxygen atoms in total. The first kappa shape index (κ1) is 23.4. The van der Waals surface area contributed by atoms with Gasteiger partial charge < -0.3 is 33.6 Å². The predicted octanol–water partition coefficient (Wildman–Crippen LogP) is -0.715. The Kier molecular flexibility index (Phi) is 11.7. The SMILES string of the molecule is NCCNCC(N)CC(Cc1ccc([N+](=O)[O-])cc1)CC(N)CNCCN. The molecule has 0 bridgehead atoms. The van der Waals surface area contributed by atoms with Crippen LogP contribution in [0.3, 0.4) is 0 Å². The third kappa shape index (κ3) is 10.3. The van der Waals surface area contributed by atoms with E-state index in [1.54, 1.807) is 0 Å². The molecule has 2 unspecified atom stereocenters. The van der Waals surface area contributed by atoms with E-state index < -0.39 is 0 Å². The summed E-state index contributed by atoms with van der Waals surface area (Å²) in [6.07, 6.45) is 2.42. The van der Waals surface area contributed by atoms with Crippen LogP contribution in [0.15, 0.2) is 24.3 Å². The summed E-state index contributed by atoms with van der Waals surface area (Å²) in [6, 6.07) is 6.70. The highest BCUT2D eigenvalue weighted by Crippen LogP contribution is 2.21. The molecule has 0 saturated heterocycles. The molecule has 0 radical (unpaired) electrons. The fourth-order valence-corrected chi connectivity index (χ4v) is 3.15. The average molecular weight is 382 g/mol. The fourth-order valence-electron chi connectivity index (χ4n) is 3.15. The van der Waals surface area contributed by atoms with Gasteiger partial charge >= 0.3 is 0 Å². The largest absolute Gasteiger partial charge is 0.329 e. The molecule has 27 heavy (non-hydrogen) atoms. The minimum Gasteiger partial charge on any atom is -0.329 e. The topological polar surface area (TPSA) is 171 Å². The summed E-state index contributed by atoms with van der Waals surface area (Å²) < 4.78 is 0. The number of benzene rings is 1. The number of non-ortho nitro benzene ring substituents is 1. The van der Waals surface area contributed by atoms with Crippen LogP contribution in [0.1, 0.15) is 18.4 Å². The smallest absolute Gasteiger partial charge is 0.269 e. The van der Waals surface area contributed by atoms with Gasteiger partial charge in [0.1, 0.15) is 0 Å². The molecule has 154 valence electrons. The van der Waals surface area contributed by atoms with Gasteiger partial charge in [-0.25, -0.2) is 0 Å². The Morgan fingerprint density at radius 3 is 1.81 bits per heavy atom. The molecule has 0 saturated carbocycles. The standard InChI is InChI=1S/C18H35N7O2/c19-5-7-23-12-16(21)10-15(11-17(22)13-24-8-6-20)9-14-1-3-18(4-2-14)25(26)27/h1-4,15-17,23-24H,5-13,19-22H2. The van der Waals surface area contributed by atoms with E-state index in [1.807, 2.05) is 12.1 Å². The monoisotopic (exact) mass is 381 g/mol. The minimum atomic E-state index is -0.390. The van der Waals surface area contributed by atoms with Crippen LogP contribution in [0.4, 0.5) is 5.69 Å². The highest BCUT2D eigenvalue weighted by molar-refractivity contribution is 5.33. The summed E-state index contributed by atoms with van der Waals surface area (Å²) in [5.41, 5.74) is 24.7. The lowest BCUT2D eigenvalue weighted by atomic mass is 9.87. The number of rotatable bonds is 15. The Morgan fingerprint density at radius 1 is 0.926 bits per heavy atom. The molecule has 0 aliphatic carbocycles. The average Bonchev–Trinajstić information content (AvgIpc) is 2.62. The van der Waals surface area contributed by atoms with E-state index >= 15 is 0 Å². The normalized spacial score (nSPS) is 14.7. The molecule has 0 amide bonds. The molecule has 0 spiro atoms. The lowest BCUT2D eigenvalue weighted by Gasteiger charge is -2.24. The molecule has 1 aromatic rings. The first-order valence-corrected chi connectivity index (χ1v) is 9.52. The van der Waals surface area contributed by atoms with Crippen molar-refractivity contribution in [1.82, 2.24) is 10.6 Å². The minimum absolute atomic E-state index is 0.00352. The third-order valence-corrected chi connectivity index (χ3v) is 4.40. The van der Waals surface area contributed by atoms with E-state index in [-0.39, 0.29) is 28.6 Å². The molecule has 9 heteroatoms. The third-order valence-electron chi connectivity index (χ3n) is 4.40. The van der Waals surface area contributed by atoms with Crippen molar-refractivity contribution in [3.8, 4) is 0 Å². The number of hydrogen-bond donors (Lipinski definition) is 6. The molecule has 0 aromatic heterocycles. The number of nitrogens with one attached hydrogen (secondary N) is 2. The summed E-state index contributed by atoms with van der Waals surface area (Å²) in [7, 11) is 0. The molecule has 10 N–H and O–H groups in total. The Labute approximate surface area is 161 Å². The van der Waals surface area contributed by atoms with Crippen molar-refractivity contribution in [2.24, 2.45) is 28.9 Å². The number of nitro groups is 1. The molecule has 1 aromatic carbocycles. The molecular formula is C18H35N7O2.